The summed E-state index contributed by atoms with van der Waals surface area (Å²) in [6.07, 6.45) is 6.55. The van der Waals surface area contributed by atoms with Crippen LogP contribution in [-0.2, 0) is 11.3 Å². The molecule has 40 heavy (non-hydrogen) atoms. The smallest absolute Gasteiger partial charge is 0.269 e. The highest BCUT2D eigenvalue weighted by molar-refractivity contribution is 5.79. The number of nitrogens with zero attached hydrogens (tertiary/aromatic N) is 5. The molecule has 8 heteroatoms. The summed E-state index contributed by atoms with van der Waals surface area (Å²) < 4.78 is 2.17. The van der Waals surface area contributed by atoms with Gasteiger partial charge in [-0.1, -0.05) is 36.6 Å². The number of carbonyl (C=O) groups excluding carboxylic acids is 1. The molecule has 1 amide bonds. The van der Waals surface area contributed by atoms with Crippen LogP contribution in [0.2, 0.25) is 0 Å². The predicted molar refractivity (Wildman–Crippen MR) is 156 cm³/mol. The first-order valence-electron chi connectivity index (χ1n) is 14.2. The van der Waals surface area contributed by atoms with Crippen molar-refractivity contribution in [3.05, 3.63) is 87.7 Å². The second-order valence-corrected chi connectivity index (χ2v) is 11.3. The van der Waals surface area contributed by atoms with Gasteiger partial charge in [0, 0.05) is 62.5 Å². The number of rotatable bonds is 6. The lowest BCUT2D eigenvalue weighted by Crippen LogP contribution is -2.49. The molecule has 206 valence electrons. The van der Waals surface area contributed by atoms with Crippen molar-refractivity contribution in [1.29, 1.82) is 0 Å². The standard InChI is InChI=1S/C32H35N5O3/c1-22-7-8-23(2)28(19-22)26-11-14-30-33-31(24-9-12-27(13-10-24)37(39)40)29(36(30)20-26)21-34-15-17-35(18-16-34)32(38)25-5-3-4-6-25/h7-14,19-20,25H,3-6,15-18,21H2,1-2H3. The summed E-state index contributed by atoms with van der Waals surface area (Å²) in [6.45, 7) is 8.01. The number of hydrogen-bond donors (Lipinski definition) is 0. The van der Waals surface area contributed by atoms with Crippen LogP contribution >= 0.6 is 0 Å². The molecule has 0 N–H and O–H groups in total. The van der Waals surface area contributed by atoms with Crippen LogP contribution in [0.3, 0.4) is 0 Å². The van der Waals surface area contributed by atoms with Gasteiger partial charge in [-0.3, -0.25) is 19.8 Å². The summed E-state index contributed by atoms with van der Waals surface area (Å²) in [5.41, 5.74) is 8.37. The first-order chi connectivity index (χ1) is 19.4. The molecule has 6 rings (SSSR count). The Bertz CT molecular complexity index is 1560. The summed E-state index contributed by atoms with van der Waals surface area (Å²) in [6, 6.07) is 17.3. The number of non-ortho nitro benzene ring substituents is 1. The molecular weight excluding hydrogens is 502 g/mol. The molecule has 2 fully saturated rings. The highest BCUT2D eigenvalue weighted by Crippen LogP contribution is 2.32. The van der Waals surface area contributed by atoms with Crippen LogP contribution in [0, 0.1) is 29.9 Å². The highest BCUT2D eigenvalue weighted by Gasteiger charge is 2.30. The monoisotopic (exact) mass is 537 g/mol. The maximum atomic E-state index is 13.0. The molecular formula is C32H35N5O3. The Morgan fingerprint density at radius 2 is 1.65 bits per heavy atom. The number of amides is 1. The zero-order chi connectivity index (χ0) is 27.8. The Kier molecular flexibility index (Phi) is 7.11. The van der Waals surface area contributed by atoms with Gasteiger partial charge in [0.15, 0.2) is 0 Å². The fourth-order valence-electron chi connectivity index (χ4n) is 6.19. The molecule has 8 nitrogen and oxygen atoms in total. The second kappa shape index (κ2) is 10.8. The third-order valence-electron chi connectivity index (χ3n) is 8.53. The highest BCUT2D eigenvalue weighted by atomic mass is 16.6. The number of pyridine rings is 1. The Morgan fingerprint density at radius 1 is 0.950 bits per heavy atom. The van der Waals surface area contributed by atoms with Gasteiger partial charge >= 0.3 is 0 Å². The van der Waals surface area contributed by atoms with Gasteiger partial charge in [-0.2, -0.15) is 0 Å². The van der Waals surface area contributed by atoms with E-state index in [-0.39, 0.29) is 16.5 Å². The molecule has 1 aliphatic heterocycles. The Balaban J connectivity index is 1.34. The van der Waals surface area contributed by atoms with E-state index < -0.39 is 0 Å². The minimum Gasteiger partial charge on any atom is -0.340 e. The summed E-state index contributed by atoms with van der Waals surface area (Å²) >= 11 is 0. The molecule has 2 aromatic heterocycles. The number of hydrogen-bond acceptors (Lipinski definition) is 5. The van der Waals surface area contributed by atoms with Crippen molar-refractivity contribution >= 4 is 17.2 Å². The molecule has 0 unspecified atom stereocenters. The van der Waals surface area contributed by atoms with Gasteiger partial charge < -0.3 is 9.30 Å². The minimum absolute atomic E-state index is 0.0642. The van der Waals surface area contributed by atoms with Crippen molar-refractivity contribution in [3.8, 4) is 22.4 Å². The largest absolute Gasteiger partial charge is 0.340 e. The molecule has 2 aromatic carbocycles. The van der Waals surface area contributed by atoms with E-state index >= 15 is 0 Å². The normalized spacial score (nSPS) is 16.6. The van der Waals surface area contributed by atoms with Gasteiger partial charge in [0.25, 0.3) is 5.69 Å². The number of nitro groups is 1. The van der Waals surface area contributed by atoms with Crippen molar-refractivity contribution < 1.29 is 9.72 Å². The average Bonchev–Trinajstić information content (AvgIpc) is 3.63. The van der Waals surface area contributed by atoms with Crippen LogP contribution < -0.4 is 0 Å². The molecule has 2 aliphatic rings. The van der Waals surface area contributed by atoms with Gasteiger partial charge in [0.05, 0.1) is 16.3 Å². The van der Waals surface area contributed by atoms with E-state index in [0.717, 1.165) is 67.2 Å². The Hall–Kier alpha value is -4.04. The van der Waals surface area contributed by atoms with Crippen LogP contribution in [0.5, 0.6) is 0 Å². The number of carbonyl (C=O) groups is 1. The number of aryl methyl sites for hydroxylation is 2. The second-order valence-electron chi connectivity index (χ2n) is 11.3. The first kappa shape index (κ1) is 26.2. The van der Waals surface area contributed by atoms with Crippen molar-refractivity contribution in [2.75, 3.05) is 26.2 Å². The minimum atomic E-state index is -0.378. The fraction of sp³-hybridized carbons (Fsp3) is 0.375. The van der Waals surface area contributed by atoms with Gasteiger partial charge in [0.1, 0.15) is 5.65 Å². The molecule has 4 aromatic rings. The van der Waals surface area contributed by atoms with Crippen LogP contribution in [0.15, 0.2) is 60.8 Å². The molecule has 1 aliphatic carbocycles. The summed E-state index contributed by atoms with van der Waals surface area (Å²) in [7, 11) is 0. The number of piperazine rings is 1. The van der Waals surface area contributed by atoms with E-state index in [1.165, 1.54) is 41.7 Å². The number of imidazole rings is 1. The van der Waals surface area contributed by atoms with E-state index in [0.29, 0.717) is 12.5 Å². The lowest BCUT2D eigenvalue weighted by molar-refractivity contribution is -0.384. The lowest BCUT2D eigenvalue weighted by atomic mass is 10.00. The predicted octanol–water partition coefficient (Wildman–Crippen LogP) is 6.03. The molecule has 3 heterocycles. The van der Waals surface area contributed by atoms with E-state index in [1.807, 2.05) is 6.07 Å². The molecule has 1 saturated carbocycles. The number of fused-ring (bicyclic) bond motifs is 1. The number of aromatic nitrogens is 2. The Morgan fingerprint density at radius 3 is 2.35 bits per heavy atom. The van der Waals surface area contributed by atoms with E-state index in [9.17, 15) is 14.9 Å². The maximum Gasteiger partial charge on any atom is 0.269 e. The lowest BCUT2D eigenvalue weighted by Gasteiger charge is -2.36. The van der Waals surface area contributed by atoms with Crippen LogP contribution in [0.4, 0.5) is 5.69 Å². The molecule has 0 spiro atoms. The number of nitro benzene ring substituents is 1. The summed E-state index contributed by atoms with van der Waals surface area (Å²) in [5, 5.41) is 11.3. The summed E-state index contributed by atoms with van der Waals surface area (Å²) in [5.74, 6) is 0.541. The Labute approximate surface area is 234 Å². The van der Waals surface area contributed by atoms with Gasteiger partial charge in [-0.05, 0) is 67.6 Å². The maximum absolute atomic E-state index is 13.0. The van der Waals surface area contributed by atoms with Crippen LogP contribution in [0.1, 0.15) is 42.5 Å². The molecule has 0 radical (unpaired) electrons. The molecule has 0 atom stereocenters. The zero-order valence-electron chi connectivity index (χ0n) is 23.2. The third-order valence-corrected chi connectivity index (χ3v) is 8.53. The van der Waals surface area contributed by atoms with E-state index in [2.05, 4.69) is 58.5 Å². The van der Waals surface area contributed by atoms with E-state index in [1.54, 1.807) is 12.1 Å². The van der Waals surface area contributed by atoms with Crippen LogP contribution in [-0.4, -0.2) is 56.2 Å². The van der Waals surface area contributed by atoms with Crippen molar-refractivity contribution in [2.45, 2.75) is 46.1 Å². The summed E-state index contributed by atoms with van der Waals surface area (Å²) in [4.78, 5) is 33.3. The first-order valence-corrected chi connectivity index (χ1v) is 14.2. The number of benzene rings is 2. The van der Waals surface area contributed by atoms with Crippen molar-refractivity contribution in [3.63, 3.8) is 0 Å². The van der Waals surface area contributed by atoms with Crippen molar-refractivity contribution in [2.24, 2.45) is 5.92 Å². The van der Waals surface area contributed by atoms with Crippen LogP contribution in [0.25, 0.3) is 28.0 Å². The third kappa shape index (κ3) is 5.11. The molecule has 1 saturated heterocycles. The topological polar surface area (TPSA) is 84.0 Å². The zero-order valence-corrected chi connectivity index (χ0v) is 23.2. The fourth-order valence-corrected chi connectivity index (χ4v) is 6.19. The SMILES string of the molecule is Cc1ccc(C)c(-c2ccc3nc(-c4ccc([N+](=O)[O-])cc4)c(CN4CCN(C(=O)C5CCCC5)CC4)n3c2)c1. The quantitative estimate of drug-likeness (QED) is 0.222. The van der Waals surface area contributed by atoms with Gasteiger partial charge in [-0.15, -0.1) is 0 Å². The van der Waals surface area contributed by atoms with E-state index in [4.69, 9.17) is 4.98 Å². The van der Waals surface area contributed by atoms with Gasteiger partial charge in [0.2, 0.25) is 5.91 Å². The van der Waals surface area contributed by atoms with Gasteiger partial charge in [-0.25, -0.2) is 4.98 Å². The average molecular weight is 538 g/mol. The van der Waals surface area contributed by atoms with Crippen molar-refractivity contribution in [1.82, 2.24) is 19.2 Å². The molecule has 0 bridgehead atoms.